The van der Waals surface area contributed by atoms with Gasteiger partial charge in [0.2, 0.25) is 5.91 Å². The fourth-order valence-electron chi connectivity index (χ4n) is 2.44. The molecule has 18 heavy (non-hydrogen) atoms. The van der Waals surface area contributed by atoms with E-state index in [2.05, 4.69) is 9.89 Å². The van der Waals surface area contributed by atoms with Crippen LogP contribution in [0.5, 0.6) is 0 Å². The van der Waals surface area contributed by atoms with Crippen molar-refractivity contribution in [1.29, 1.82) is 0 Å². The number of halogens is 1. The summed E-state index contributed by atoms with van der Waals surface area (Å²) in [6, 6.07) is 0. The molecule has 0 spiro atoms. The minimum absolute atomic E-state index is 0. The molecule has 2 fully saturated rings. The van der Waals surface area contributed by atoms with Gasteiger partial charge in [-0.15, -0.1) is 24.0 Å². The molecule has 0 aromatic carbocycles. The van der Waals surface area contributed by atoms with E-state index >= 15 is 0 Å². The Morgan fingerprint density at radius 2 is 1.44 bits per heavy atom. The van der Waals surface area contributed by atoms with Crippen LogP contribution < -0.4 is 5.73 Å². The molecular formula is C12H23IN4O. The Bertz CT molecular complexity index is 296. The molecule has 0 aromatic heterocycles. The molecular weight excluding hydrogens is 343 g/mol. The summed E-state index contributed by atoms with van der Waals surface area (Å²) in [4.78, 5) is 20.0. The van der Waals surface area contributed by atoms with Crippen molar-refractivity contribution in [3.05, 3.63) is 0 Å². The highest BCUT2D eigenvalue weighted by Crippen LogP contribution is 2.09. The standard InChI is InChI=1S/C12H22N4O.HI/c13-12(16-8-2-1-3-9-16)14-10-11(17)15-6-4-5-7-15;/h1-10H2,(H2,13,14);1H. The number of piperidine rings is 1. The second-order valence-electron chi connectivity index (χ2n) is 4.81. The number of amides is 1. The Balaban J connectivity index is 0.00000162. The van der Waals surface area contributed by atoms with Crippen molar-refractivity contribution in [1.82, 2.24) is 9.80 Å². The number of likely N-dealkylation sites (tertiary alicyclic amines) is 2. The summed E-state index contributed by atoms with van der Waals surface area (Å²) in [7, 11) is 0. The van der Waals surface area contributed by atoms with Gasteiger partial charge in [0.1, 0.15) is 6.54 Å². The van der Waals surface area contributed by atoms with Gasteiger partial charge in [-0.05, 0) is 32.1 Å². The molecule has 2 saturated heterocycles. The number of nitrogens with zero attached hydrogens (tertiary/aromatic N) is 3. The van der Waals surface area contributed by atoms with E-state index in [1.54, 1.807) is 0 Å². The second kappa shape index (κ2) is 7.81. The van der Waals surface area contributed by atoms with E-state index in [-0.39, 0.29) is 36.4 Å². The average Bonchev–Trinajstić information content (AvgIpc) is 2.90. The zero-order valence-electron chi connectivity index (χ0n) is 10.8. The predicted molar refractivity (Wildman–Crippen MR) is 83.1 cm³/mol. The molecule has 2 heterocycles. The van der Waals surface area contributed by atoms with E-state index in [1.807, 2.05) is 4.90 Å². The van der Waals surface area contributed by atoms with Gasteiger partial charge >= 0.3 is 0 Å². The maximum Gasteiger partial charge on any atom is 0.244 e. The molecule has 0 bridgehead atoms. The van der Waals surface area contributed by atoms with E-state index in [9.17, 15) is 4.79 Å². The normalized spacial score (nSPS) is 20.8. The molecule has 2 aliphatic rings. The van der Waals surface area contributed by atoms with Crippen LogP contribution >= 0.6 is 24.0 Å². The quantitative estimate of drug-likeness (QED) is 0.451. The monoisotopic (exact) mass is 366 g/mol. The Morgan fingerprint density at radius 1 is 0.944 bits per heavy atom. The van der Waals surface area contributed by atoms with Gasteiger partial charge in [-0.1, -0.05) is 0 Å². The maximum atomic E-state index is 11.8. The first-order chi connectivity index (χ1) is 8.27. The number of rotatable bonds is 2. The third-order valence-electron chi connectivity index (χ3n) is 3.52. The minimum Gasteiger partial charge on any atom is -0.370 e. The molecule has 0 unspecified atom stereocenters. The highest BCUT2D eigenvalue weighted by Gasteiger charge is 2.18. The number of carbonyl (C=O) groups is 1. The third kappa shape index (κ3) is 4.29. The van der Waals surface area contributed by atoms with Crippen molar-refractivity contribution in [3.8, 4) is 0 Å². The Kier molecular flexibility index (Phi) is 6.73. The van der Waals surface area contributed by atoms with Gasteiger partial charge in [-0.3, -0.25) is 4.79 Å². The molecule has 2 rings (SSSR count). The van der Waals surface area contributed by atoms with E-state index in [1.165, 1.54) is 19.3 Å². The molecule has 0 saturated carbocycles. The van der Waals surface area contributed by atoms with Gasteiger partial charge in [0, 0.05) is 26.2 Å². The number of carbonyl (C=O) groups excluding carboxylic acids is 1. The summed E-state index contributed by atoms with van der Waals surface area (Å²) in [5, 5.41) is 0. The van der Waals surface area contributed by atoms with Crippen LogP contribution in [-0.4, -0.2) is 54.4 Å². The van der Waals surface area contributed by atoms with Gasteiger partial charge in [-0.25, -0.2) is 4.99 Å². The first kappa shape index (κ1) is 15.5. The van der Waals surface area contributed by atoms with E-state index in [4.69, 9.17) is 5.73 Å². The molecule has 5 nitrogen and oxygen atoms in total. The Morgan fingerprint density at radius 3 is 2.06 bits per heavy atom. The zero-order valence-corrected chi connectivity index (χ0v) is 13.1. The highest BCUT2D eigenvalue weighted by atomic mass is 127. The Labute approximate surface area is 126 Å². The van der Waals surface area contributed by atoms with Crippen LogP contribution in [0.4, 0.5) is 0 Å². The van der Waals surface area contributed by atoms with Crippen LogP contribution in [0.15, 0.2) is 4.99 Å². The van der Waals surface area contributed by atoms with Gasteiger partial charge in [0.05, 0.1) is 0 Å². The van der Waals surface area contributed by atoms with E-state index in [0.29, 0.717) is 5.96 Å². The summed E-state index contributed by atoms with van der Waals surface area (Å²) >= 11 is 0. The van der Waals surface area contributed by atoms with Crippen molar-refractivity contribution in [3.63, 3.8) is 0 Å². The molecule has 2 N–H and O–H groups in total. The molecule has 6 heteroatoms. The number of hydrogen-bond donors (Lipinski definition) is 1. The Hall–Kier alpha value is -0.530. The number of nitrogens with two attached hydrogens (primary N) is 1. The van der Waals surface area contributed by atoms with E-state index < -0.39 is 0 Å². The fourth-order valence-corrected chi connectivity index (χ4v) is 2.44. The lowest BCUT2D eigenvalue weighted by Gasteiger charge is -2.27. The van der Waals surface area contributed by atoms with Crippen LogP contribution in [0.25, 0.3) is 0 Å². The summed E-state index contributed by atoms with van der Waals surface area (Å²) in [5.74, 6) is 0.653. The SMILES string of the molecule is I.NC(=NCC(=O)N1CCCC1)N1CCCCC1. The third-order valence-corrected chi connectivity index (χ3v) is 3.52. The number of aliphatic imine (C=N–C) groups is 1. The van der Waals surface area contributed by atoms with Crippen molar-refractivity contribution in [2.24, 2.45) is 10.7 Å². The minimum atomic E-state index is 0. The van der Waals surface area contributed by atoms with Crippen molar-refractivity contribution < 1.29 is 4.79 Å². The fraction of sp³-hybridized carbons (Fsp3) is 0.833. The van der Waals surface area contributed by atoms with Gasteiger partial charge in [0.15, 0.2) is 5.96 Å². The van der Waals surface area contributed by atoms with E-state index in [0.717, 1.165) is 39.0 Å². The van der Waals surface area contributed by atoms with Gasteiger partial charge in [-0.2, -0.15) is 0 Å². The number of hydrogen-bond acceptors (Lipinski definition) is 2. The lowest BCUT2D eigenvalue weighted by atomic mass is 10.1. The molecule has 1 amide bonds. The van der Waals surface area contributed by atoms with Crippen LogP contribution in [0.3, 0.4) is 0 Å². The van der Waals surface area contributed by atoms with Crippen LogP contribution in [0.1, 0.15) is 32.1 Å². The highest BCUT2D eigenvalue weighted by molar-refractivity contribution is 14.0. The smallest absolute Gasteiger partial charge is 0.244 e. The average molecular weight is 366 g/mol. The molecule has 0 aromatic rings. The first-order valence-electron chi connectivity index (χ1n) is 6.60. The molecule has 0 aliphatic carbocycles. The zero-order chi connectivity index (χ0) is 12.1. The van der Waals surface area contributed by atoms with Crippen molar-refractivity contribution >= 4 is 35.8 Å². The van der Waals surface area contributed by atoms with Crippen molar-refractivity contribution in [2.45, 2.75) is 32.1 Å². The summed E-state index contributed by atoms with van der Waals surface area (Å²) in [5.41, 5.74) is 5.90. The lowest BCUT2D eigenvalue weighted by Crippen LogP contribution is -2.41. The molecule has 0 radical (unpaired) electrons. The predicted octanol–water partition coefficient (Wildman–Crippen LogP) is 1.03. The topological polar surface area (TPSA) is 61.9 Å². The van der Waals surface area contributed by atoms with Gasteiger partial charge in [0.25, 0.3) is 0 Å². The number of guanidine groups is 1. The largest absolute Gasteiger partial charge is 0.370 e. The van der Waals surface area contributed by atoms with Gasteiger partial charge < -0.3 is 15.5 Å². The summed E-state index contributed by atoms with van der Waals surface area (Å²) < 4.78 is 0. The molecule has 0 atom stereocenters. The van der Waals surface area contributed by atoms with Crippen LogP contribution in [-0.2, 0) is 4.79 Å². The van der Waals surface area contributed by atoms with Crippen molar-refractivity contribution in [2.75, 3.05) is 32.7 Å². The van der Waals surface area contributed by atoms with Crippen LogP contribution in [0.2, 0.25) is 0 Å². The molecule has 2 aliphatic heterocycles. The summed E-state index contributed by atoms with van der Waals surface area (Å²) in [6.45, 7) is 3.94. The van der Waals surface area contributed by atoms with Crippen LogP contribution in [0, 0.1) is 0 Å². The maximum absolute atomic E-state index is 11.8. The second-order valence-corrected chi connectivity index (χ2v) is 4.81. The molecule has 104 valence electrons. The lowest BCUT2D eigenvalue weighted by molar-refractivity contribution is -0.128. The first-order valence-corrected chi connectivity index (χ1v) is 6.60. The summed E-state index contributed by atoms with van der Waals surface area (Å²) in [6.07, 6.45) is 5.87.